The van der Waals surface area contributed by atoms with Gasteiger partial charge >= 0.3 is 6.03 Å². The first kappa shape index (κ1) is 15.0. The van der Waals surface area contributed by atoms with E-state index in [-0.39, 0.29) is 31.2 Å². The van der Waals surface area contributed by atoms with Gasteiger partial charge in [0.05, 0.1) is 17.8 Å². The Balaban J connectivity index is 1.63. The Labute approximate surface area is 132 Å². The van der Waals surface area contributed by atoms with Gasteiger partial charge < -0.3 is 10.6 Å². The van der Waals surface area contributed by atoms with Crippen molar-refractivity contribution >= 4 is 28.7 Å². The predicted molar refractivity (Wildman–Crippen MR) is 83.3 cm³/mol. The quantitative estimate of drug-likeness (QED) is 0.782. The van der Waals surface area contributed by atoms with E-state index in [9.17, 15) is 14.4 Å². The number of pyridine rings is 1. The molecule has 2 aromatic rings. The summed E-state index contributed by atoms with van der Waals surface area (Å²) in [6, 6.07) is 10.1. The van der Waals surface area contributed by atoms with E-state index in [0.717, 1.165) is 16.6 Å². The lowest BCUT2D eigenvalue weighted by Crippen LogP contribution is -2.48. The number of amides is 4. The first-order valence-electron chi connectivity index (χ1n) is 7.34. The molecule has 1 atom stereocenters. The maximum absolute atomic E-state index is 12.1. The molecule has 2 heterocycles. The van der Waals surface area contributed by atoms with Crippen LogP contribution in [0, 0.1) is 0 Å². The van der Waals surface area contributed by atoms with E-state index in [1.807, 2.05) is 36.4 Å². The number of aromatic nitrogens is 1. The van der Waals surface area contributed by atoms with Gasteiger partial charge in [0, 0.05) is 11.8 Å². The number of hydrogen-bond donors (Lipinski definition) is 3. The zero-order chi connectivity index (χ0) is 16.2. The summed E-state index contributed by atoms with van der Waals surface area (Å²) in [4.78, 5) is 39.3. The zero-order valence-corrected chi connectivity index (χ0v) is 12.3. The van der Waals surface area contributed by atoms with E-state index in [4.69, 9.17) is 0 Å². The third-order valence-electron chi connectivity index (χ3n) is 3.63. The molecule has 0 spiro atoms. The minimum Gasteiger partial charge on any atom is -0.349 e. The van der Waals surface area contributed by atoms with Gasteiger partial charge in [0.1, 0.15) is 6.04 Å². The third-order valence-corrected chi connectivity index (χ3v) is 3.63. The Kier molecular flexibility index (Phi) is 4.18. The highest BCUT2D eigenvalue weighted by molar-refractivity contribution is 5.98. The molecule has 7 nitrogen and oxygen atoms in total. The number of urea groups is 1. The van der Waals surface area contributed by atoms with Crippen molar-refractivity contribution in [2.45, 2.75) is 25.4 Å². The molecule has 4 amide bonds. The molecule has 3 rings (SSSR count). The minimum atomic E-state index is -0.720. The van der Waals surface area contributed by atoms with Crippen LogP contribution < -0.4 is 16.0 Å². The predicted octanol–water partition coefficient (Wildman–Crippen LogP) is 0.839. The number of rotatable bonds is 3. The molecule has 3 N–H and O–H groups in total. The molecule has 1 aromatic carbocycles. The fraction of sp³-hybridized carbons (Fsp3) is 0.250. The Hall–Kier alpha value is -2.96. The van der Waals surface area contributed by atoms with Crippen LogP contribution in [0.3, 0.4) is 0 Å². The van der Waals surface area contributed by atoms with Gasteiger partial charge in [-0.2, -0.15) is 0 Å². The Morgan fingerprint density at radius 1 is 1.22 bits per heavy atom. The monoisotopic (exact) mass is 312 g/mol. The molecule has 0 bridgehead atoms. The van der Waals surface area contributed by atoms with Crippen LogP contribution in [0.1, 0.15) is 18.5 Å². The highest BCUT2D eigenvalue weighted by Crippen LogP contribution is 2.11. The molecule has 1 unspecified atom stereocenters. The Morgan fingerprint density at radius 3 is 2.91 bits per heavy atom. The van der Waals surface area contributed by atoms with Crippen molar-refractivity contribution in [1.29, 1.82) is 0 Å². The number of nitrogens with zero attached hydrogens (tertiary/aromatic N) is 1. The van der Waals surface area contributed by atoms with Gasteiger partial charge in [-0.25, -0.2) is 4.79 Å². The summed E-state index contributed by atoms with van der Waals surface area (Å²) in [6.45, 7) is 0.261. The molecule has 0 radical (unpaired) electrons. The second-order valence-electron chi connectivity index (χ2n) is 5.33. The summed E-state index contributed by atoms with van der Waals surface area (Å²) in [5, 5.41) is 8.38. The van der Waals surface area contributed by atoms with Crippen molar-refractivity contribution in [3.05, 3.63) is 42.1 Å². The molecule has 1 aliphatic rings. The van der Waals surface area contributed by atoms with Crippen LogP contribution in [0.25, 0.3) is 10.9 Å². The van der Waals surface area contributed by atoms with E-state index in [2.05, 4.69) is 20.9 Å². The van der Waals surface area contributed by atoms with Crippen molar-refractivity contribution in [2.24, 2.45) is 0 Å². The summed E-state index contributed by atoms with van der Waals surface area (Å²) in [7, 11) is 0. The molecule has 7 heteroatoms. The van der Waals surface area contributed by atoms with Crippen LogP contribution in [-0.2, 0) is 16.1 Å². The van der Waals surface area contributed by atoms with Crippen molar-refractivity contribution in [3.63, 3.8) is 0 Å². The molecule has 1 fully saturated rings. The lowest BCUT2D eigenvalue weighted by Gasteiger charge is -2.14. The van der Waals surface area contributed by atoms with Crippen LogP contribution in [0.4, 0.5) is 4.79 Å². The molecule has 23 heavy (non-hydrogen) atoms. The first-order valence-corrected chi connectivity index (χ1v) is 7.34. The van der Waals surface area contributed by atoms with Crippen molar-refractivity contribution < 1.29 is 14.4 Å². The Bertz CT molecular complexity index is 775. The fourth-order valence-corrected chi connectivity index (χ4v) is 2.44. The molecule has 1 aliphatic heterocycles. The van der Waals surface area contributed by atoms with E-state index >= 15 is 0 Å². The zero-order valence-electron chi connectivity index (χ0n) is 12.3. The average molecular weight is 312 g/mol. The van der Waals surface area contributed by atoms with Crippen LogP contribution >= 0.6 is 0 Å². The van der Waals surface area contributed by atoms with Crippen molar-refractivity contribution in [3.8, 4) is 0 Å². The SMILES string of the molecule is O=C1CCC(C(=O)NCc2ccc3ccccc3n2)NC(=O)N1. The molecule has 1 saturated heterocycles. The van der Waals surface area contributed by atoms with Gasteiger partial charge in [0.2, 0.25) is 11.8 Å². The van der Waals surface area contributed by atoms with E-state index in [1.54, 1.807) is 0 Å². The van der Waals surface area contributed by atoms with Crippen LogP contribution in [-0.4, -0.2) is 28.9 Å². The lowest BCUT2D eigenvalue weighted by atomic mass is 10.1. The number of fused-ring (bicyclic) bond motifs is 1. The number of nitrogens with one attached hydrogen (secondary N) is 3. The van der Waals surface area contributed by atoms with Crippen LogP contribution in [0.15, 0.2) is 36.4 Å². The average Bonchev–Trinajstić information content (AvgIpc) is 2.72. The minimum absolute atomic E-state index is 0.130. The van der Waals surface area contributed by atoms with Crippen molar-refractivity contribution in [2.75, 3.05) is 0 Å². The maximum atomic E-state index is 12.1. The summed E-state index contributed by atoms with van der Waals surface area (Å²) < 4.78 is 0. The number of carbonyl (C=O) groups is 3. The van der Waals surface area contributed by atoms with Gasteiger partial charge in [0.25, 0.3) is 0 Å². The number of para-hydroxylation sites is 1. The molecule has 0 aliphatic carbocycles. The van der Waals surface area contributed by atoms with E-state index < -0.39 is 12.1 Å². The van der Waals surface area contributed by atoms with Gasteiger partial charge in [-0.15, -0.1) is 0 Å². The highest BCUT2D eigenvalue weighted by Gasteiger charge is 2.25. The summed E-state index contributed by atoms with van der Waals surface area (Å²) in [5.74, 6) is -0.709. The van der Waals surface area contributed by atoms with E-state index in [0.29, 0.717) is 0 Å². The standard InChI is InChI=1S/C16H16N4O3/c21-14-8-7-13(19-16(23)20-14)15(22)17-9-11-6-5-10-3-1-2-4-12(10)18-11/h1-6,13H,7-9H2,(H,17,22)(H2,19,20,21,23). The van der Waals surface area contributed by atoms with Crippen molar-refractivity contribution in [1.82, 2.24) is 20.9 Å². The highest BCUT2D eigenvalue weighted by atomic mass is 16.2. The fourth-order valence-electron chi connectivity index (χ4n) is 2.44. The molecular weight excluding hydrogens is 296 g/mol. The maximum Gasteiger partial charge on any atom is 0.322 e. The van der Waals surface area contributed by atoms with Gasteiger partial charge in [-0.1, -0.05) is 24.3 Å². The molecule has 1 aromatic heterocycles. The van der Waals surface area contributed by atoms with Crippen LogP contribution in [0.5, 0.6) is 0 Å². The smallest absolute Gasteiger partial charge is 0.322 e. The summed E-state index contributed by atoms with van der Waals surface area (Å²) >= 11 is 0. The normalized spacial score (nSPS) is 18.0. The second kappa shape index (κ2) is 6.43. The summed E-state index contributed by atoms with van der Waals surface area (Å²) in [5.41, 5.74) is 1.59. The Morgan fingerprint density at radius 2 is 2.04 bits per heavy atom. The van der Waals surface area contributed by atoms with E-state index in [1.165, 1.54) is 0 Å². The number of carbonyl (C=O) groups excluding carboxylic acids is 3. The van der Waals surface area contributed by atoms with Gasteiger partial charge in [-0.3, -0.25) is 19.9 Å². The number of imide groups is 1. The molecule has 118 valence electrons. The topological polar surface area (TPSA) is 100 Å². The molecule has 0 saturated carbocycles. The molecular formula is C16H16N4O3. The second-order valence-corrected chi connectivity index (χ2v) is 5.33. The van der Waals surface area contributed by atoms with Gasteiger partial charge in [0.15, 0.2) is 0 Å². The van der Waals surface area contributed by atoms with Gasteiger partial charge in [-0.05, 0) is 18.6 Å². The third kappa shape index (κ3) is 3.63. The number of benzene rings is 1. The lowest BCUT2D eigenvalue weighted by molar-refractivity contribution is -0.123. The first-order chi connectivity index (χ1) is 11.1. The number of hydrogen-bond acceptors (Lipinski definition) is 4. The largest absolute Gasteiger partial charge is 0.349 e. The van der Waals surface area contributed by atoms with Crippen LogP contribution in [0.2, 0.25) is 0 Å². The summed E-state index contributed by atoms with van der Waals surface area (Å²) in [6.07, 6.45) is 0.402.